The van der Waals surface area contributed by atoms with E-state index in [0.29, 0.717) is 19.4 Å². The minimum Gasteiger partial charge on any atom is -0.494 e. The van der Waals surface area contributed by atoms with E-state index >= 15 is 0 Å². The maximum Gasteiger partial charge on any atom is 0.416 e. The first-order valence-corrected chi connectivity index (χ1v) is 8.47. The molecule has 0 fully saturated rings. The summed E-state index contributed by atoms with van der Waals surface area (Å²) in [5.74, 6) is 0.722. The fourth-order valence-electron chi connectivity index (χ4n) is 2.55. The maximum absolute atomic E-state index is 12.5. The summed E-state index contributed by atoms with van der Waals surface area (Å²) >= 11 is 0. The summed E-state index contributed by atoms with van der Waals surface area (Å²) in [6.45, 7) is 2.51. The Morgan fingerprint density at radius 1 is 1.00 bits per heavy atom. The smallest absolute Gasteiger partial charge is 0.416 e. The third-order valence-corrected chi connectivity index (χ3v) is 3.99. The Bertz CT molecular complexity index is 633. The Balaban J connectivity index is 1.75. The lowest BCUT2D eigenvalue weighted by molar-refractivity contribution is -0.137. The lowest BCUT2D eigenvalue weighted by Gasteiger charge is -2.11. The van der Waals surface area contributed by atoms with Crippen LogP contribution in [0, 0.1) is 0 Å². The molecule has 0 radical (unpaired) electrons. The number of halogens is 3. The first-order valence-electron chi connectivity index (χ1n) is 8.47. The summed E-state index contributed by atoms with van der Waals surface area (Å²) in [6.07, 6.45) is -1.72. The molecule has 2 aromatic rings. The van der Waals surface area contributed by atoms with E-state index in [-0.39, 0.29) is 0 Å². The molecule has 1 N–H and O–H groups in total. The second kappa shape index (κ2) is 8.90. The number of benzene rings is 2. The zero-order valence-electron chi connectivity index (χ0n) is 14.2. The van der Waals surface area contributed by atoms with Crippen LogP contribution in [0.2, 0.25) is 0 Å². The summed E-state index contributed by atoms with van der Waals surface area (Å²) < 4.78 is 43.1. The first kappa shape index (κ1) is 19.3. The van der Waals surface area contributed by atoms with E-state index in [4.69, 9.17) is 4.74 Å². The molecule has 25 heavy (non-hydrogen) atoms. The monoisotopic (exact) mass is 352 g/mol. The van der Waals surface area contributed by atoms with Crippen molar-refractivity contribution in [2.24, 2.45) is 0 Å². The van der Waals surface area contributed by atoms with Crippen LogP contribution >= 0.6 is 0 Å². The predicted molar refractivity (Wildman–Crippen MR) is 91.6 cm³/mol. The molecule has 2 nitrogen and oxygen atoms in total. The van der Waals surface area contributed by atoms with Crippen LogP contribution < -0.4 is 4.74 Å². The number of ether oxygens (including phenoxy) is 1. The summed E-state index contributed by atoms with van der Waals surface area (Å²) in [5.41, 5.74) is 1.10. The molecule has 0 saturated carbocycles. The van der Waals surface area contributed by atoms with Crippen molar-refractivity contribution in [3.8, 4) is 5.75 Å². The van der Waals surface area contributed by atoms with Crippen molar-refractivity contribution in [3.63, 3.8) is 0 Å². The van der Waals surface area contributed by atoms with Gasteiger partial charge in [-0.15, -0.1) is 0 Å². The van der Waals surface area contributed by atoms with Gasteiger partial charge in [0.15, 0.2) is 0 Å². The van der Waals surface area contributed by atoms with Gasteiger partial charge in [-0.3, -0.25) is 0 Å². The van der Waals surface area contributed by atoms with E-state index in [1.165, 1.54) is 12.1 Å². The van der Waals surface area contributed by atoms with E-state index in [1.807, 2.05) is 31.2 Å². The van der Waals surface area contributed by atoms with Crippen molar-refractivity contribution in [2.75, 3.05) is 6.61 Å². The van der Waals surface area contributed by atoms with Gasteiger partial charge in [0.1, 0.15) is 5.75 Å². The van der Waals surface area contributed by atoms with Gasteiger partial charge in [-0.05, 0) is 54.7 Å². The molecule has 0 bridgehead atoms. The predicted octanol–water partition coefficient (Wildman–Crippen LogP) is 5.55. The quantitative estimate of drug-likeness (QED) is 0.631. The zero-order valence-corrected chi connectivity index (χ0v) is 14.2. The van der Waals surface area contributed by atoms with Gasteiger partial charge < -0.3 is 9.84 Å². The number of hydrogen-bond acceptors (Lipinski definition) is 2. The van der Waals surface area contributed by atoms with E-state index < -0.39 is 17.8 Å². The van der Waals surface area contributed by atoms with Crippen molar-refractivity contribution in [3.05, 3.63) is 65.2 Å². The SMILES string of the molecule is CCCC(O)c1ccc(OCCCc2ccc(C(F)(F)F)cc2)cc1. The lowest BCUT2D eigenvalue weighted by Crippen LogP contribution is -2.05. The van der Waals surface area contributed by atoms with E-state index in [0.717, 1.165) is 41.9 Å². The lowest BCUT2D eigenvalue weighted by atomic mass is 10.1. The zero-order chi connectivity index (χ0) is 18.3. The Labute approximate surface area is 146 Å². The van der Waals surface area contributed by atoms with Crippen LogP contribution in [0.5, 0.6) is 5.75 Å². The largest absolute Gasteiger partial charge is 0.494 e. The number of aliphatic hydroxyl groups is 1. The first-order chi connectivity index (χ1) is 11.9. The van der Waals surface area contributed by atoms with Gasteiger partial charge in [0.25, 0.3) is 0 Å². The molecular weight excluding hydrogens is 329 g/mol. The third kappa shape index (κ3) is 6.09. The summed E-state index contributed by atoms with van der Waals surface area (Å²) in [6, 6.07) is 12.6. The average Bonchev–Trinajstić information content (AvgIpc) is 2.59. The molecule has 0 aromatic heterocycles. The highest BCUT2D eigenvalue weighted by atomic mass is 19.4. The molecule has 136 valence electrons. The molecule has 0 aliphatic heterocycles. The number of rotatable bonds is 8. The van der Waals surface area contributed by atoms with Crippen LogP contribution in [-0.2, 0) is 12.6 Å². The summed E-state index contributed by atoms with van der Waals surface area (Å²) in [4.78, 5) is 0. The molecular formula is C20H23F3O2. The van der Waals surface area contributed by atoms with Gasteiger partial charge in [0.2, 0.25) is 0 Å². The fraction of sp³-hybridized carbons (Fsp3) is 0.400. The fourth-order valence-corrected chi connectivity index (χ4v) is 2.55. The van der Waals surface area contributed by atoms with Gasteiger partial charge in [-0.2, -0.15) is 13.2 Å². The van der Waals surface area contributed by atoms with E-state index in [2.05, 4.69) is 0 Å². The Morgan fingerprint density at radius 3 is 2.20 bits per heavy atom. The maximum atomic E-state index is 12.5. The normalized spacial score (nSPS) is 12.8. The Hall–Kier alpha value is -2.01. The minimum atomic E-state index is -4.29. The van der Waals surface area contributed by atoms with Gasteiger partial charge in [-0.1, -0.05) is 37.6 Å². The second-order valence-electron chi connectivity index (χ2n) is 6.02. The second-order valence-corrected chi connectivity index (χ2v) is 6.02. The number of aryl methyl sites for hydroxylation is 1. The molecule has 0 heterocycles. The molecule has 5 heteroatoms. The van der Waals surface area contributed by atoms with Gasteiger partial charge >= 0.3 is 6.18 Å². The van der Waals surface area contributed by atoms with Crippen molar-refractivity contribution in [1.82, 2.24) is 0 Å². The molecule has 1 atom stereocenters. The highest BCUT2D eigenvalue weighted by Crippen LogP contribution is 2.29. The minimum absolute atomic E-state index is 0.446. The third-order valence-electron chi connectivity index (χ3n) is 3.99. The van der Waals surface area contributed by atoms with Crippen LogP contribution in [0.1, 0.15) is 49.0 Å². The Kier molecular flexibility index (Phi) is 6.88. The molecule has 0 aliphatic rings. The number of aliphatic hydroxyl groups excluding tert-OH is 1. The molecule has 0 spiro atoms. The van der Waals surface area contributed by atoms with Crippen LogP contribution in [0.25, 0.3) is 0 Å². The highest BCUT2D eigenvalue weighted by Gasteiger charge is 2.29. The van der Waals surface area contributed by atoms with E-state index in [1.54, 1.807) is 0 Å². The molecule has 0 saturated heterocycles. The van der Waals surface area contributed by atoms with Crippen molar-refractivity contribution < 1.29 is 23.0 Å². The van der Waals surface area contributed by atoms with Crippen LogP contribution in [0.15, 0.2) is 48.5 Å². The van der Waals surface area contributed by atoms with Gasteiger partial charge in [-0.25, -0.2) is 0 Å². The summed E-state index contributed by atoms with van der Waals surface area (Å²) in [7, 11) is 0. The van der Waals surface area contributed by atoms with Crippen molar-refractivity contribution in [1.29, 1.82) is 0 Å². The van der Waals surface area contributed by atoms with E-state index in [9.17, 15) is 18.3 Å². The molecule has 2 rings (SSSR count). The van der Waals surface area contributed by atoms with Crippen LogP contribution in [0.4, 0.5) is 13.2 Å². The van der Waals surface area contributed by atoms with Crippen LogP contribution in [0.3, 0.4) is 0 Å². The molecule has 1 unspecified atom stereocenters. The summed E-state index contributed by atoms with van der Waals surface area (Å²) in [5, 5.41) is 9.91. The molecule has 2 aromatic carbocycles. The van der Waals surface area contributed by atoms with Gasteiger partial charge in [0, 0.05) is 0 Å². The average molecular weight is 352 g/mol. The Morgan fingerprint density at radius 2 is 1.64 bits per heavy atom. The number of alkyl halides is 3. The molecule has 0 aliphatic carbocycles. The topological polar surface area (TPSA) is 29.5 Å². The van der Waals surface area contributed by atoms with Crippen LogP contribution in [-0.4, -0.2) is 11.7 Å². The standard InChI is InChI=1S/C20H23F3O2/c1-2-4-19(24)16-8-12-18(13-9-16)25-14-3-5-15-6-10-17(11-7-15)20(21,22)23/h6-13,19,24H,2-5,14H2,1H3. The highest BCUT2D eigenvalue weighted by molar-refractivity contribution is 5.28. The van der Waals surface area contributed by atoms with Gasteiger partial charge in [0.05, 0.1) is 18.3 Å². The van der Waals surface area contributed by atoms with Crippen molar-refractivity contribution >= 4 is 0 Å². The number of hydrogen-bond donors (Lipinski definition) is 1. The molecule has 0 amide bonds. The van der Waals surface area contributed by atoms with Crippen molar-refractivity contribution in [2.45, 2.75) is 44.9 Å².